The Morgan fingerprint density at radius 2 is 2.07 bits per heavy atom. The van der Waals surface area contributed by atoms with Crippen LogP contribution in [0.15, 0.2) is 29.2 Å². The molecule has 1 aromatic carbocycles. The lowest BCUT2D eigenvalue weighted by Crippen LogP contribution is -2.23. The van der Waals surface area contributed by atoms with Crippen molar-refractivity contribution in [2.24, 2.45) is 0 Å². The fourth-order valence-electron chi connectivity index (χ4n) is 1.45. The van der Waals surface area contributed by atoms with Crippen molar-refractivity contribution in [3.63, 3.8) is 0 Å². The van der Waals surface area contributed by atoms with Crippen molar-refractivity contribution in [1.29, 1.82) is 0 Å². The zero-order valence-electron chi connectivity index (χ0n) is 7.80. The van der Waals surface area contributed by atoms with Crippen molar-refractivity contribution < 1.29 is 9.53 Å². The Hall–Kier alpha value is -1.16. The van der Waals surface area contributed by atoms with Crippen LogP contribution in [-0.4, -0.2) is 18.7 Å². The van der Waals surface area contributed by atoms with Crippen LogP contribution < -0.4 is 4.90 Å². The standard InChI is InChI=1S/C10H11NO2S/c1-7-6-11(10(12)13-7)8-2-4-9(14)5-3-8/h2-5,7,14H,6H2,1H3. The minimum atomic E-state index is -0.274. The number of cyclic esters (lactones) is 1. The Kier molecular flexibility index (Phi) is 2.37. The van der Waals surface area contributed by atoms with Gasteiger partial charge in [-0.1, -0.05) is 0 Å². The zero-order chi connectivity index (χ0) is 10.1. The Balaban J connectivity index is 2.23. The molecule has 1 aliphatic heterocycles. The number of rotatable bonds is 1. The molecule has 1 saturated heterocycles. The van der Waals surface area contributed by atoms with Crippen molar-refractivity contribution in [1.82, 2.24) is 0 Å². The molecule has 0 N–H and O–H groups in total. The first-order valence-electron chi connectivity index (χ1n) is 4.44. The van der Waals surface area contributed by atoms with Gasteiger partial charge in [-0.25, -0.2) is 4.79 Å². The molecule has 1 amide bonds. The first kappa shape index (κ1) is 9.40. The van der Waals surface area contributed by atoms with Crippen LogP contribution in [0.5, 0.6) is 0 Å². The monoisotopic (exact) mass is 209 g/mol. The largest absolute Gasteiger partial charge is 0.444 e. The van der Waals surface area contributed by atoms with Crippen LogP contribution in [-0.2, 0) is 4.74 Å². The smallest absolute Gasteiger partial charge is 0.414 e. The Morgan fingerprint density at radius 3 is 2.57 bits per heavy atom. The Morgan fingerprint density at radius 1 is 1.43 bits per heavy atom. The van der Waals surface area contributed by atoms with Crippen LogP contribution in [0.3, 0.4) is 0 Å². The quantitative estimate of drug-likeness (QED) is 0.719. The van der Waals surface area contributed by atoms with E-state index in [2.05, 4.69) is 12.6 Å². The molecule has 14 heavy (non-hydrogen) atoms. The van der Waals surface area contributed by atoms with Crippen LogP contribution in [0.1, 0.15) is 6.92 Å². The van der Waals surface area contributed by atoms with Crippen molar-refractivity contribution in [2.75, 3.05) is 11.4 Å². The fraction of sp³-hybridized carbons (Fsp3) is 0.300. The summed E-state index contributed by atoms with van der Waals surface area (Å²) < 4.78 is 5.03. The third-order valence-electron chi connectivity index (χ3n) is 2.12. The Bertz CT molecular complexity index is 350. The summed E-state index contributed by atoms with van der Waals surface area (Å²) in [7, 11) is 0. The van der Waals surface area contributed by atoms with E-state index in [0.29, 0.717) is 6.54 Å². The fourth-order valence-corrected chi connectivity index (χ4v) is 1.60. The molecule has 0 aliphatic carbocycles. The van der Waals surface area contributed by atoms with Crippen LogP contribution >= 0.6 is 12.6 Å². The summed E-state index contributed by atoms with van der Waals surface area (Å²) in [6, 6.07) is 7.44. The van der Waals surface area contributed by atoms with Gasteiger partial charge in [0.2, 0.25) is 0 Å². The van der Waals surface area contributed by atoms with Crippen LogP contribution in [0.4, 0.5) is 10.5 Å². The number of anilines is 1. The van der Waals surface area contributed by atoms with E-state index < -0.39 is 0 Å². The van der Waals surface area contributed by atoms with Crippen molar-refractivity contribution >= 4 is 24.4 Å². The maximum Gasteiger partial charge on any atom is 0.414 e. The predicted octanol–water partition coefficient (Wildman–Crippen LogP) is 2.32. The normalized spacial score (nSPS) is 21.1. The molecule has 0 aromatic heterocycles. The third-order valence-corrected chi connectivity index (χ3v) is 2.42. The zero-order valence-corrected chi connectivity index (χ0v) is 8.70. The molecule has 0 spiro atoms. The Labute approximate surface area is 88.1 Å². The number of nitrogens with zero attached hydrogens (tertiary/aromatic N) is 1. The molecule has 1 aromatic rings. The molecule has 1 fully saturated rings. The average Bonchev–Trinajstić information content (AvgIpc) is 2.47. The number of benzene rings is 1. The van der Waals surface area contributed by atoms with Gasteiger partial charge in [-0.3, -0.25) is 4.90 Å². The number of thiol groups is 1. The molecule has 2 rings (SSSR count). The van der Waals surface area contributed by atoms with Crippen molar-refractivity contribution in [2.45, 2.75) is 17.9 Å². The molecular weight excluding hydrogens is 198 g/mol. The topological polar surface area (TPSA) is 29.5 Å². The van der Waals surface area contributed by atoms with E-state index in [4.69, 9.17) is 4.74 Å². The highest BCUT2D eigenvalue weighted by molar-refractivity contribution is 7.80. The van der Waals surface area contributed by atoms with Gasteiger partial charge in [0, 0.05) is 10.6 Å². The summed E-state index contributed by atoms with van der Waals surface area (Å²) in [5.74, 6) is 0. The van der Waals surface area contributed by atoms with Gasteiger partial charge in [0.05, 0.1) is 6.54 Å². The highest BCUT2D eigenvalue weighted by Gasteiger charge is 2.28. The second kappa shape index (κ2) is 3.53. The van der Waals surface area contributed by atoms with Gasteiger partial charge < -0.3 is 4.74 Å². The predicted molar refractivity (Wildman–Crippen MR) is 57.0 cm³/mol. The second-order valence-electron chi connectivity index (χ2n) is 3.32. The number of carbonyl (C=O) groups excluding carboxylic acids is 1. The molecule has 74 valence electrons. The molecule has 4 heteroatoms. The number of hydrogen-bond acceptors (Lipinski definition) is 3. The number of carbonyl (C=O) groups is 1. The molecule has 0 saturated carbocycles. The molecule has 3 nitrogen and oxygen atoms in total. The summed E-state index contributed by atoms with van der Waals surface area (Å²) in [6.07, 6.45) is -0.303. The lowest BCUT2D eigenvalue weighted by Gasteiger charge is -2.12. The minimum absolute atomic E-state index is 0.0295. The highest BCUT2D eigenvalue weighted by atomic mass is 32.1. The molecule has 0 bridgehead atoms. The highest BCUT2D eigenvalue weighted by Crippen LogP contribution is 2.22. The molecule has 1 heterocycles. The second-order valence-corrected chi connectivity index (χ2v) is 3.84. The van der Waals surface area contributed by atoms with Gasteiger partial charge in [0.15, 0.2) is 0 Å². The van der Waals surface area contributed by atoms with E-state index in [-0.39, 0.29) is 12.2 Å². The summed E-state index contributed by atoms with van der Waals surface area (Å²) in [5.41, 5.74) is 0.858. The van der Waals surface area contributed by atoms with E-state index in [1.54, 1.807) is 4.90 Å². The lowest BCUT2D eigenvalue weighted by atomic mass is 10.3. The van der Waals surface area contributed by atoms with Gasteiger partial charge in [-0.15, -0.1) is 12.6 Å². The summed E-state index contributed by atoms with van der Waals surface area (Å²) in [6.45, 7) is 2.50. The van der Waals surface area contributed by atoms with Crippen LogP contribution in [0.2, 0.25) is 0 Å². The number of hydrogen-bond donors (Lipinski definition) is 1. The van der Waals surface area contributed by atoms with Gasteiger partial charge >= 0.3 is 6.09 Å². The molecule has 1 atom stereocenters. The van der Waals surface area contributed by atoms with Crippen molar-refractivity contribution in [3.8, 4) is 0 Å². The first-order valence-corrected chi connectivity index (χ1v) is 4.89. The van der Waals surface area contributed by atoms with Crippen LogP contribution in [0.25, 0.3) is 0 Å². The summed E-state index contributed by atoms with van der Waals surface area (Å²) >= 11 is 4.18. The van der Waals surface area contributed by atoms with E-state index in [0.717, 1.165) is 10.6 Å². The van der Waals surface area contributed by atoms with E-state index >= 15 is 0 Å². The van der Waals surface area contributed by atoms with Crippen molar-refractivity contribution in [3.05, 3.63) is 24.3 Å². The number of amides is 1. The molecular formula is C10H11NO2S. The van der Waals surface area contributed by atoms with Gasteiger partial charge in [-0.05, 0) is 31.2 Å². The van der Waals surface area contributed by atoms with Gasteiger partial charge in [0.25, 0.3) is 0 Å². The maximum atomic E-state index is 11.4. The number of ether oxygens (including phenoxy) is 1. The summed E-state index contributed by atoms with van der Waals surface area (Å²) in [5, 5.41) is 0. The lowest BCUT2D eigenvalue weighted by molar-refractivity contribution is 0.150. The summed E-state index contributed by atoms with van der Waals surface area (Å²) in [4.78, 5) is 13.9. The van der Waals surface area contributed by atoms with E-state index in [1.807, 2.05) is 31.2 Å². The SMILES string of the molecule is CC1CN(c2ccc(S)cc2)C(=O)O1. The van der Waals surface area contributed by atoms with Gasteiger partial charge in [-0.2, -0.15) is 0 Å². The maximum absolute atomic E-state index is 11.4. The van der Waals surface area contributed by atoms with E-state index in [9.17, 15) is 4.79 Å². The molecule has 0 radical (unpaired) electrons. The first-order chi connectivity index (χ1) is 6.66. The minimum Gasteiger partial charge on any atom is -0.444 e. The molecule has 1 aliphatic rings. The van der Waals surface area contributed by atoms with Gasteiger partial charge in [0.1, 0.15) is 6.10 Å². The average molecular weight is 209 g/mol. The van der Waals surface area contributed by atoms with Crippen LogP contribution in [0, 0.1) is 0 Å². The molecule has 1 unspecified atom stereocenters. The third kappa shape index (κ3) is 1.70. The van der Waals surface area contributed by atoms with E-state index in [1.165, 1.54) is 0 Å².